The van der Waals surface area contributed by atoms with Crippen LogP contribution in [-0.4, -0.2) is 23.5 Å². The van der Waals surface area contributed by atoms with Gasteiger partial charge in [0.15, 0.2) is 0 Å². The molecule has 0 bridgehead atoms. The standard InChI is InChI=1S/C13H16BrFN2/c14-10-7-8(1-4-11(10)15)13-12(16)5-6-17(13)9-2-3-9/h1,4,7,9,12-13H,2-3,5-6,16H2. The maximum absolute atomic E-state index is 13.3. The normalized spacial score (nSPS) is 29.8. The molecule has 92 valence electrons. The third-order valence-electron chi connectivity index (χ3n) is 3.78. The van der Waals surface area contributed by atoms with Crippen molar-refractivity contribution >= 4 is 15.9 Å². The average molecular weight is 299 g/mol. The van der Waals surface area contributed by atoms with E-state index in [1.165, 1.54) is 18.9 Å². The summed E-state index contributed by atoms with van der Waals surface area (Å²) >= 11 is 3.25. The molecule has 0 amide bonds. The summed E-state index contributed by atoms with van der Waals surface area (Å²) in [6.45, 7) is 1.07. The number of likely N-dealkylation sites (tertiary alicyclic amines) is 1. The summed E-state index contributed by atoms with van der Waals surface area (Å²) in [6.07, 6.45) is 3.60. The van der Waals surface area contributed by atoms with Gasteiger partial charge in [-0.2, -0.15) is 0 Å². The molecule has 1 saturated heterocycles. The van der Waals surface area contributed by atoms with Gasteiger partial charge in [0.25, 0.3) is 0 Å². The number of hydrogen-bond acceptors (Lipinski definition) is 2. The summed E-state index contributed by atoms with van der Waals surface area (Å²) in [5.41, 5.74) is 7.34. The van der Waals surface area contributed by atoms with Gasteiger partial charge in [0.05, 0.1) is 10.5 Å². The molecule has 2 unspecified atom stereocenters. The molecule has 2 fully saturated rings. The van der Waals surface area contributed by atoms with E-state index in [9.17, 15) is 4.39 Å². The van der Waals surface area contributed by atoms with Crippen molar-refractivity contribution in [2.24, 2.45) is 5.73 Å². The lowest BCUT2D eigenvalue weighted by Gasteiger charge is -2.27. The molecule has 1 saturated carbocycles. The average Bonchev–Trinajstić information content (AvgIpc) is 3.07. The number of nitrogens with two attached hydrogens (primary N) is 1. The second-order valence-corrected chi connectivity index (χ2v) is 5.89. The Kier molecular flexibility index (Phi) is 2.97. The first-order chi connectivity index (χ1) is 8.16. The van der Waals surface area contributed by atoms with Gasteiger partial charge in [0, 0.05) is 18.6 Å². The third kappa shape index (κ3) is 2.14. The molecule has 2 aliphatic rings. The molecule has 2 atom stereocenters. The second-order valence-electron chi connectivity index (χ2n) is 5.04. The predicted octanol–water partition coefficient (Wildman–Crippen LogP) is 2.82. The van der Waals surface area contributed by atoms with Gasteiger partial charge in [-0.25, -0.2) is 4.39 Å². The molecule has 1 aliphatic carbocycles. The minimum Gasteiger partial charge on any atom is -0.326 e. The van der Waals surface area contributed by atoms with Crippen LogP contribution in [0, 0.1) is 5.82 Å². The van der Waals surface area contributed by atoms with Crippen LogP contribution in [0.2, 0.25) is 0 Å². The summed E-state index contributed by atoms with van der Waals surface area (Å²) < 4.78 is 13.8. The molecule has 3 rings (SSSR count). The summed E-state index contributed by atoms with van der Waals surface area (Å²) in [5, 5.41) is 0. The zero-order chi connectivity index (χ0) is 12.0. The highest BCUT2D eigenvalue weighted by Gasteiger charge is 2.41. The first-order valence-electron chi connectivity index (χ1n) is 6.13. The maximum Gasteiger partial charge on any atom is 0.137 e. The number of rotatable bonds is 2. The van der Waals surface area contributed by atoms with Crippen LogP contribution in [0.25, 0.3) is 0 Å². The van der Waals surface area contributed by atoms with Crippen LogP contribution in [0.4, 0.5) is 4.39 Å². The summed E-state index contributed by atoms with van der Waals surface area (Å²) in [7, 11) is 0. The van der Waals surface area contributed by atoms with E-state index in [2.05, 4.69) is 20.8 Å². The Bertz CT molecular complexity index is 433. The number of hydrogen-bond donors (Lipinski definition) is 1. The van der Waals surface area contributed by atoms with Crippen molar-refractivity contribution < 1.29 is 4.39 Å². The zero-order valence-electron chi connectivity index (χ0n) is 9.57. The zero-order valence-corrected chi connectivity index (χ0v) is 11.2. The van der Waals surface area contributed by atoms with Crippen LogP contribution in [-0.2, 0) is 0 Å². The molecule has 0 radical (unpaired) electrons. The minimum atomic E-state index is -0.210. The van der Waals surface area contributed by atoms with Crippen molar-refractivity contribution in [2.45, 2.75) is 37.4 Å². The molecule has 1 aromatic rings. The Morgan fingerprint density at radius 1 is 1.29 bits per heavy atom. The van der Waals surface area contributed by atoms with E-state index in [0.29, 0.717) is 10.5 Å². The van der Waals surface area contributed by atoms with E-state index in [-0.39, 0.29) is 17.9 Å². The van der Waals surface area contributed by atoms with Crippen LogP contribution in [0.5, 0.6) is 0 Å². The SMILES string of the molecule is NC1CCN(C2CC2)C1c1ccc(F)c(Br)c1. The molecule has 1 aromatic carbocycles. The van der Waals surface area contributed by atoms with Gasteiger partial charge in [-0.15, -0.1) is 0 Å². The van der Waals surface area contributed by atoms with Crippen molar-refractivity contribution in [2.75, 3.05) is 6.54 Å². The summed E-state index contributed by atoms with van der Waals surface area (Å²) in [6, 6.07) is 6.41. The van der Waals surface area contributed by atoms with Gasteiger partial charge < -0.3 is 5.73 Å². The molecule has 0 spiro atoms. The molecule has 4 heteroatoms. The van der Waals surface area contributed by atoms with Crippen molar-refractivity contribution in [3.05, 3.63) is 34.1 Å². The van der Waals surface area contributed by atoms with Gasteiger partial charge >= 0.3 is 0 Å². The van der Waals surface area contributed by atoms with E-state index >= 15 is 0 Å². The second kappa shape index (κ2) is 4.34. The first-order valence-corrected chi connectivity index (χ1v) is 6.92. The molecule has 17 heavy (non-hydrogen) atoms. The van der Waals surface area contributed by atoms with Gasteiger partial charge in [0.2, 0.25) is 0 Å². The van der Waals surface area contributed by atoms with E-state index in [1.54, 1.807) is 0 Å². The monoisotopic (exact) mass is 298 g/mol. The van der Waals surface area contributed by atoms with Gasteiger partial charge in [-0.05, 0) is 52.9 Å². The van der Waals surface area contributed by atoms with Crippen LogP contribution < -0.4 is 5.73 Å². The van der Waals surface area contributed by atoms with E-state index in [1.807, 2.05) is 12.1 Å². The van der Waals surface area contributed by atoms with Crippen molar-refractivity contribution in [1.29, 1.82) is 0 Å². The fourth-order valence-electron chi connectivity index (χ4n) is 2.79. The Labute approximate surface area is 109 Å². The number of halogens is 2. The summed E-state index contributed by atoms with van der Waals surface area (Å²) in [5.74, 6) is -0.210. The largest absolute Gasteiger partial charge is 0.326 e. The van der Waals surface area contributed by atoms with Crippen LogP contribution in [0.3, 0.4) is 0 Å². The Morgan fingerprint density at radius 3 is 2.71 bits per heavy atom. The minimum absolute atomic E-state index is 0.174. The number of nitrogens with zero attached hydrogens (tertiary/aromatic N) is 1. The molecular formula is C13H16BrFN2. The smallest absolute Gasteiger partial charge is 0.137 e. The van der Waals surface area contributed by atoms with Gasteiger partial charge in [0.1, 0.15) is 5.82 Å². The predicted molar refractivity (Wildman–Crippen MR) is 69.2 cm³/mol. The quantitative estimate of drug-likeness (QED) is 0.910. The summed E-state index contributed by atoms with van der Waals surface area (Å²) in [4.78, 5) is 2.49. The van der Waals surface area contributed by atoms with E-state index in [4.69, 9.17) is 5.73 Å². The van der Waals surface area contributed by atoms with Crippen molar-refractivity contribution in [3.63, 3.8) is 0 Å². The topological polar surface area (TPSA) is 29.3 Å². The highest BCUT2D eigenvalue weighted by molar-refractivity contribution is 9.10. The molecule has 1 aliphatic heterocycles. The molecule has 0 aromatic heterocycles. The highest BCUT2D eigenvalue weighted by atomic mass is 79.9. The first kappa shape index (κ1) is 11.6. The molecule has 2 nitrogen and oxygen atoms in total. The maximum atomic E-state index is 13.3. The van der Waals surface area contributed by atoms with E-state index < -0.39 is 0 Å². The lowest BCUT2D eigenvalue weighted by Crippen LogP contribution is -2.33. The molecular weight excluding hydrogens is 283 g/mol. The lowest BCUT2D eigenvalue weighted by molar-refractivity contribution is 0.237. The Balaban J connectivity index is 1.91. The van der Waals surface area contributed by atoms with E-state index in [0.717, 1.165) is 18.5 Å². The van der Waals surface area contributed by atoms with Crippen LogP contribution in [0.15, 0.2) is 22.7 Å². The molecule has 1 heterocycles. The third-order valence-corrected chi connectivity index (χ3v) is 4.39. The highest BCUT2D eigenvalue weighted by Crippen LogP contribution is 2.40. The van der Waals surface area contributed by atoms with Crippen molar-refractivity contribution in [1.82, 2.24) is 4.90 Å². The van der Waals surface area contributed by atoms with Crippen LogP contribution >= 0.6 is 15.9 Å². The fourth-order valence-corrected chi connectivity index (χ4v) is 3.19. The van der Waals surface area contributed by atoms with Crippen LogP contribution in [0.1, 0.15) is 30.9 Å². The van der Waals surface area contributed by atoms with Crippen molar-refractivity contribution in [3.8, 4) is 0 Å². The Hall–Kier alpha value is -0.450. The van der Waals surface area contributed by atoms with Gasteiger partial charge in [-0.3, -0.25) is 4.90 Å². The number of benzene rings is 1. The fraction of sp³-hybridized carbons (Fsp3) is 0.538. The Morgan fingerprint density at radius 2 is 2.06 bits per heavy atom. The van der Waals surface area contributed by atoms with Gasteiger partial charge in [-0.1, -0.05) is 6.07 Å². The lowest BCUT2D eigenvalue weighted by atomic mass is 10.0. The molecule has 2 N–H and O–H groups in total.